The highest BCUT2D eigenvalue weighted by atomic mass is 32.2. The Hall–Kier alpha value is -2.47. The fourth-order valence-electron chi connectivity index (χ4n) is 3.94. The number of hydrogen-bond donors (Lipinski definition) is 2. The molecule has 2 unspecified atom stereocenters. The first-order chi connectivity index (χ1) is 14.0. The number of aromatic amines is 1. The van der Waals surface area contributed by atoms with E-state index in [-0.39, 0.29) is 12.6 Å². The van der Waals surface area contributed by atoms with Gasteiger partial charge >= 0.3 is 6.18 Å². The van der Waals surface area contributed by atoms with Crippen LogP contribution < -0.4 is 9.62 Å². The van der Waals surface area contributed by atoms with Gasteiger partial charge in [-0.15, -0.1) is 0 Å². The minimum atomic E-state index is -4.79. The van der Waals surface area contributed by atoms with Gasteiger partial charge < -0.3 is 9.88 Å². The maximum absolute atomic E-state index is 12.6. The van der Waals surface area contributed by atoms with Gasteiger partial charge in [0.1, 0.15) is 17.3 Å². The van der Waals surface area contributed by atoms with Crippen LogP contribution in [0, 0.1) is 6.92 Å². The normalized spacial score (nSPS) is 20.9. The molecule has 12 heteroatoms. The van der Waals surface area contributed by atoms with E-state index in [9.17, 15) is 21.6 Å². The number of piperidine rings is 1. The van der Waals surface area contributed by atoms with Gasteiger partial charge in [0, 0.05) is 30.2 Å². The van der Waals surface area contributed by atoms with Crippen molar-refractivity contribution in [3.63, 3.8) is 0 Å². The number of sulfonamides is 1. The number of nitrogens with one attached hydrogen (secondary N) is 2. The number of halogens is 3. The van der Waals surface area contributed by atoms with Crippen molar-refractivity contribution in [2.75, 3.05) is 17.2 Å². The number of anilines is 1. The van der Waals surface area contributed by atoms with Crippen LogP contribution in [-0.4, -0.2) is 58.9 Å². The number of pyridine rings is 1. The number of H-pyrrole nitrogens is 1. The van der Waals surface area contributed by atoms with E-state index >= 15 is 0 Å². The monoisotopic (exact) mass is 442 g/mol. The van der Waals surface area contributed by atoms with Gasteiger partial charge in [-0.3, -0.25) is 0 Å². The lowest BCUT2D eigenvalue weighted by Crippen LogP contribution is -2.52. The van der Waals surface area contributed by atoms with Crippen molar-refractivity contribution < 1.29 is 21.6 Å². The molecule has 0 aromatic carbocycles. The van der Waals surface area contributed by atoms with Crippen LogP contribution >= 0.6 is 0 Å². The molecule has 0 aliphatic carbocycles. The SMILES string of the molecule is Cc1nc(N2CC(NS(=O)(=O)CC(F)(F)F)CCC2C)c2c(cnc3[nH]ccc32)n1. The summed E-state index contributed by atoms with van der Waals surface area (Å²) >= 11 is 0. The van der Waals surface area contributed by atoms with Crippen LogP contribution in [0.1, 0.15) is 25.6 Å². The van der Waals surface area contributed by atoms with Crippen molar-refractivity contribution in [1.82, 2.24) is 24.7 Å². The van der Waals surface area contributed by atoms with Gasteiger partial charge in [-0.25, -0.2) is 28.1 Å². The number of hydrogen-bond acceptors (Lipinski definition) is 6. The van der Waals surface area contributed by atoms with E-state index in [1.807, 2.05) is 17.9 Å². The number of aryl methyl sites for hydroxylation is 1. The number of alkyl halides is 3. The standard InChI is InChI=1S/C18H21F3N6O2S/c1-10-3-4-12(26-30(28,29)9-18(19,20)21)8-27(10)17-15-13-5-6-22-16(13)23-7-14(15)24-11(2)25-17/h5-7,10,12,26H,3-4,8-9H2,1-2H3,(H,22,23). The largest absolute Gasteiger partial charge is 0.404 e. The van der Waals surface area contributed by atoms with Gasteiger partial charge in [0.15, 0.2) is 5.75 Å². The van der Waals surface area contributed by atoms with Crippen LogP contribution in [0.3, 0.4) is 0 Å². The van der Waals surface area contributed by atoms with Gasteiger partial charge in [0.2, 0.25) is 10.0 Å². The summed E-state index contributed by atoms with van der Waals surface area (Å²) in [5.41, 5.74) is 1.32. The molecule has 3 aromatic heterocycles. The van der Waals surface area contributed by atoms with E-state index in [1.165, 1.54) is 0 Å². The van der Waals surface area contributed by atoms with Gasteiger partial charge in [-0.1, -0.05) is 0 Å². The van der Waals surface area contributed by atoms with E-state index in [2.05, 4.69) is 24.7 Å². The van der Waals surface area contributed by atoms with Crippen LogP contribution in [0.2, 0.25) is 0 Å². The first kappa shape index (κ1) is 20.8. The zero-order valence-electron chi connectivity index (χ0n) is 16.4. The van der Waals surface area contributed by atoms with Crippen LogP contribution in [0.25, 0.3) is 21.9 Å². The molecule has 1 saturated heterocycles. The Kier molecular flexibility index (Phi) is 5.09. The molecule has 0 amide bonds. The lowest BCUT2D eigenvalue weighted by Gasteiger charge is -2.39. The number of rotatable bonds is 4. The fraction of sp³-hybridized carbons (Fsp3) is 0.500. The van der Waals surface area contributed by atoms with Gasteiger partial charge in [-0.2, -0.15) is 13.2 Å². The fourth-order valence-corrected chi connectivity index (χ4v) is 5.16. The Morgan fingerprint density at radius 1 is 1.30 bits per heavy atom. The molecular formula is C18H21F3N6O2S. The number of aromatic nitrogens is 4. The number of fused-ring (bicyclic) bond motifs is 3. The van der Waals surface area contributed by atoms with E-state index in [0.717, 1.165) is 10.8 Å². The summed E-state index contributed by atoms with van der Waals surface area (Å²) in [5.74, 6) is -0.741. The molecule has 0 radical (unpaired) electrons. The average molecular weight is 442 g/mol. The lowest BCUT2D eigenvalue weighted by atomic mass is 9.99. The molecule has 162 valence electrons. The maximum Gasteiger partial charge on any atom is 0.404 e. The summed E-state index contributed by atoms with van der Waals surface area (Å²) in [6, 6.07) is 1.24. The third-order valence-corrected chi connectivity index (χ3v) is 6.59. The summed E-state index contributed by atoms with van der Waals surface area (Å²) in [5, 5.41) is 1.60. The third kappa shape index (κ3) is 4.19. The first-order valence-electron chi connectivity index (χ1n) is 9.46. The molecule has 8 nitrogen and oxygen atoms in total. The third-order valence-electron chi connectivity index (χ3n) is 5.19. The van der Waals surface area contributed by atoms with Crippen LogP contribution in [0.4, 0.5) is 19.0 Å². The van der Waals surface area contributed by atoms with Crippen LogP contribution in [-0.2, 0) is 10.0 Å². The topological polar surface area (TPSA) is 104 Å². The summed E-state index contributed by atoms with van der Waals surface area (Å²) in [7, 11) is -4.49. The van der Waals surface area contributed by atoms with Crippen molar-refractivity contribution in [2.24, 2.45) is 0 Å². The highest BCUT2D eigenvalue weighted by Gasteiger charge is 2.37. The van der Waals surface area contributed by atoms with Gasteiger partial charge in [-0.05, 0) is 32.8 Å². The molecule has 4 rings (SSSR count). The van der Waals surface area contributed by atoms with Crippen molar-refractivity contribution in [2.45, 2.75) is 44.9 Å². The summed E-state index contributed by atoms with van der Waals surface area (Å²) in [6.45, 7) is 3.94. The molecule has 1 aliphatic heterocycles. The predicted octanol–water partition coefficient (Wildman–Crippen LogP) is 2.65. The molecule has 2 atom stereocenters. The second kappa shape index (κ2) is 7.34. The Morgan fingerprint density at radius 2 is 2.07 bits per heavy atom. The quantitative estimate of drug-likeness (QED) is 0.644. The first-order valence-corrected chi connectivity index (χ1v) is 11.1. The van der Waals surface area contributed by atoms with Crippen LogP contribution in [0.5, 0.6) is 0 Å². The van der Waals surface area contributed by atoms with E-state index in [1.54, 1.807) is 19.3 Å². The lowest BCUT2D eigenvalue weighted by molar-refractivity contribution is -0.106. The second-order valence-corrected chi connectivity index (χ2v) is 9.37. The molecule has 1 aliphatic rings. The Labute approximate surface area is 171 Å². The minimum Gasteiger partial charge on any atom is -0.352 e. The Balaban J connectivity index is 1.71. The summed E-state index contributed by atoms with van der Waals surface area (Å²) in [4.78, 5) is 18.4. The van der Waals surface area contributed by atoms with E-state index in [4.69, 9.17) is 0 Å². The van der Waals surface area contributed by atoms with Crippen molar-refractivity contribution in [3.05, 3.63) is 24.3 Å². The van der Waals surface area contributed by atoms with Crippen molar-refractivity contribution >= 4 is 37.8 Å². The minimum absolute atomic E-state index is 0.0213. The molecule has 1 fully saturated rings. The highest BCUT2D eigenvalue weighted by molar-refractivity contribution is 7.89. The second-order valence-electron chi connectivity index (χ2n) is 7.62. The van der Waals surface area contributed by atoms with Gasteiger partial charge in [0.05, 0.1) is 17.1 Å². The van der Waals surface area contributed by atoms with Crippen molar-refractivity contribution in [1.29, 1.82) is 0 Å². The summed E-state index contributed by atoms with van der Waals surface area (Å²) < 4.78 is 63.9. The van der Waals surface area contributed by atoms with Crippen molar-refractivity contribution in [3.8, 4) is 0 Å². The molecule has 30 heavy (non-hydrogen) atoms. The molecule has 0 spiro atoms. The molecule has 4 heterocycles. The smallest absolute Gasteiger partial charge is 0.352 e. The van der Waals surface area contributed by atoms with E-state index in [0.29, 0.717) is 35.6 Å². The zero-order chi connectivity index (χ0) is 21.7. The molecule has 2 N–H and O–H groups in total. The Bertz CT molecular complexity index is 1190. The molecule has 3 aromatic rings. The average Bonchev–Trinajstić information content (AvgIpc) is 3.09. The van der Waals surface area contributed by atoms with Gasteiger partial charge in [0.25, 0.3) is 0 Å². The molecular weight excluding hydrogens is 421 g/mol. The van der Waals surface area contributed by atoms with E-state index < -0.39 is 28.0 Å². The maximum atomic E-state index is 12.6. The molecule has 0 bridgehead atoms. The highest BCUT2D eigenvalue weighted by Crippen LogP contribution is 2.33. The number of nitrogens with zero attached hydrogens (tertiary/aromatic N) is 4. The Morgan fingerprint density at radius 3 is 2.80 bits per heavy atom. The van der Waals surface area contributed by atoms with Crippen LogP contribution in [0.15, 0.2) is 18.5 Å². The zero-order valence-corrected chi connectivity index (χ0v) is 17.2. The summed E-state index contributed by atoms with van der Waals surface area (Å²) in [6.07, 6.45) is -0.345. The predicted molar refractivity (Wildman–Crippen MR) is 107 cm³/mol. The molecule has 0 saturated carbocycles.